The Bertz CT molecular complexity index is 575. The maximum absolute atomic E-state index is 4.12. The molecule has 2 nitrogen and oxygen atoms in total. The van der Waals surface area contributed by atoms with Gasteiger partial charge in [-0.1, -0.05) is 32.0 Å². The first-order valence-corrected chi connectivity index (χ1v) is 7.26. The number of nitrogens with zero attached hydrogens (tertiary/aromatic N) is 2. The van der Waals surface area contributed by atoms with Crippen LogP contribution in [0.5, 0.6) is 0 Å². The summed E-state index contributed by atoms with van der Waals surface area (Å²) in [5.41, 5.74) is 5.65. The highest BCUT2D eigenvalue weighted by molar-refractivity contribution is 5.68. The van der Waals surface area contributed by atoms with Crippen LogP contribution in [-0.4, -0.2) is 23.0 Å². The minimum atomic E-state index is 1.07. The van der Waals surface area contributed by atoms with Crippen LogP contribution in [0.1, 0.15) is 25.0 Å². The van der Waals surface area contributed by atoms with Crippen molar-refractivity contribution in [3.63, 3.8) is 0 Å². The number of hydrogen-bond donors (Lipinski definition) is 0. The second kappa shape index (κ2) is 5.76. The second-order valence-electron chi connectivity index (χ2n) is 5.85. The molecule has 3 rings (SSSR count). The van der Waals surface area contributed by atoms with Gasteiger partial charge < -0.3 is 0 Å². The van der Waals surface area contributed by atoms with Gasteiger partial charge in [-0.15, -0.1) is 0 Å². The van der Waals surface area contributed by atoms with Gasteiger partial charge in [0, 0.05) is 32.0 Å². The van der Waals surface area contributed by atoms with Crippen LogP contribution in [0.4, 0.5) is 0 Å². The van der Waals surface area contributed by atoms with Crippen molar-refractivity contribution in [3.05, 3.63) is 59.8 Å². The van der Waals surface area contributed by atoms with Gasteiger partial charge >= 0.3 is 0 Å². The molecular weight excluding hydrogens is 244 g/mol. The molecule has 0 amide bonds. The summed E-state index contributed by atoms with van der Waals surface area (Å²) in [5, 5.41) is 0. The summed E-state index contributed by atoms with van der Waals surface area (Å²) < 4.78 is 0. The third kappa shape index (κ3) is 2.75. The molecule has 1 radical (unpaired) electrons. The van der Waals surface area contributed by atoms with Gasteiger partial charge in [-0.25, -0.2) is 0 Å². The Morgan fingerprint density at radius 2 is 1.95 bits per heavy atom. The van der Waals surface area contributed by atoms with Gasteiger partial charge in [0.05, 0.1) is 0 Å². The third-order valence-electron chi connectivity index (χ3n) is 3.88. The molecule has 1 aliphatic heterocycles. The molecule has 0 fully saturated rings. The van der Waals surface area contributed by atoms with E-state index in [1.54, 1.807) is 0 Å². The van der Waals surface area contributed by atoms with Crippen molar-refractivity contribution in [1.82, 2.24) is 9.88 Å². The molecule has 0 aliphatic carbocycles. The molecular formula is C18H21N2. The zero-order chi connectivity index (χ0) is 13.9. The number of benzene rings is 1. The molecule has 1 aliphatic rings. The Labute approximate surface area is 121 Å². The minimum Gasteiger partial charge on any atom is -0.298 e. The molecule has 20 heavy (non-hydrogen) atoms. The zero-order valence-electron chi connectivity index (χ0n) is 12.3. The summed E-state index contributed by atoms with van der Waals surface area (Å²) in [6.07, 6.45) is 4.89. The number of hydrogen-bond acceptors (Lipinski definition) is 2. The van der Waals surface area contributed by atoms with Gasteiger partial charge in [-0.2, -0.15) is 0 Å². The van der Waals surface area contributed by atoms with Gasteiger partial charge in [-0.05, 0) is 46.7 Å². The molecule has 1 aromatic heterocycles. The number of pyridine rings is 1. The fraction of sp³-hybridized carbons (Fsp3) is 0.333. The molecule has 2 heterocycles. The monoisotopic (exact) mass is 265 g/mol. The molecule has 0 spiro atoms. The second-order valence-corrected chi connectivity index (χ2v) is 5.85. The molecule has 0 unspecified atom stereocenters. The van der Waals surface area contributed by atoms with Crippen LogP contribution in [0.3, 0.4) is 0 Å². The molecule has 1 aromatic carbocycles. The number of fused-ring (bicyclic) bond motifs is 1. The highest BCUT2D eigenvalue weighted by Gasteiger charge is 2.19. The first-order valence-electron chi connectivity index (χ1n) is 7.26. The lowest BCUT2D eigenvalue weighted by atomic mass is 9.91. The molecule has 0 saturated carbocycles. The zero-order valence-corrected chi connectivity index (χ0v) is 12.3. The first kappa shape index (κ1) is 13.3. The normalized spacial score (nSPS) is 15.3. The van der Waals surface area contributed by atoms with Crippen molar-refractivity contribution in [3.8, 4) is 11.1 Å². The molecule has 0 bridgehead atoms. The van der Waals surface area contributed by atoms with Crippen LogP contribution in [0.25, 0.3) is 11.1 Å². The number of aromatic nitrogens is 1. The minimum absolute atomic E-state index is 1.07. The summed E-state index contributed by atoms with van der Waals surface area (Å²) in [5.74, 6) is 1.48. The van der Waals surface area contributed by atoms with Crippen LogP contribution in [0.2, 0.25) is 0 Å². The van der Waals surface area contributed by atoms with Gasteiger partial charge in [0.1, 0.15) is 0 Å². The van der Waals surface area contributed by atoms with Crippen molar-refractivity contribution >= 4 is 0 Å². The third-order valence-corrected chi connectivity index (χ3v) is 3.88. The SMILES string of the molecule is C[C](C)CN1CCc2c(cccc2-c2ccncc2)C1. The van der Waals surface area contributed by atoms with E-state index in [1.807, 2.05) is 12.4 Å². The molecule has 2 aromatic rings. The van der Waals surface area contributed by atoms with Crippen molar-refractivity contribution in [1.29, 1.82) is 0 Å². The summed E-state index contributed by atoms with van der Waals surface area (Å²) in [7, 11) is 0. The van der Waals surface area contributed by atoms with E-state index in [9.17, 15) is 0 Å². The average molecular weight is 265 g/mol. The lowest BCUT2D eigenvalue weighted by Gasteiger charge is -2.31. The van der Waals surface area contributed by atoms with E-state index >= 15 is 0 Å². The Morgan fingerprint density at radius 3 is 2.70 bits per heavy atom. The van der Waals surface area contributed by atoms with Crippen molar-refractivity contribution in [2.24, 2.45) is 0 Å². The Morgan fingerprint density at radius 1 is 1.15 bits per heavy atom. The van der Waals surface area contributed by atoms with E-state index in [-0.39, 0.29) is 0 Å². The summed E-state index contributed by atoms with van der Waals surface area (Å²) >= 11 is 0. The van der Waals surface area contributed by atoms with Gasteiger partial charge in [0.25, 0.3) is 0 Å². The molecule has 0 atom stereocenters. The lowest BCUT2D eigenvalue weighted by molar-refractivity contribution is 0.264. The van der Waals surface area contributed by atoms with Crippen molar-refractivity contribution in [2.45, 2.75) is 26.8 Å². The van der Waals surface area contributed by atoms with Gasteiger partial charge in [0.2, 0.25) is 0 Å². The Kier molecular flexibility index (Phi) is 3.83. The van der Waals surface area contributed by atoms with Gasteiger partial charge in [0.15, 0.2) is 0 Å². The molecule has 0 saturated heterocycles. The fourth-order valence-corrected chi connectivity index (χ4v) is 3.05. The van der Waals surface area contributed by atoms with Crippen LogP contribution >= 0.6 is 0 Å². The van der Waals surface area contributed by atoms with E-state index in [2.05, 4.69) is 54.1 Å². The quantitative estimate of drug-likeness (QED) is 0.841. The maximum atomic E-state index is 4.12. The van der Waals surface area contributed by atoms with Crippen molar-refractivity contribution in [2.75, 3.05) is 13.1 Å². The van der Waals surface area contributed by atoms with E-state index in [0.29, 0.717) is 0 Å². The largest absolute Gasteiger partial charge is 0.298 e. The van der Waals surface area contributed by atoms with E-state index in [4.69, 9.17) is 0 Å². The topological polar surface area (TPSA) is 16.1 Å². The highest BCUT2D eigenvalue weighted by Crippen LogP contribution is 2.30. The summed E-state index contributed by atoms with van der Waals surface area (Å²) in [6.45, 7) is 7.75. The maximum Gasteiger partial charge on any atom is 0.0273 e. The van der Waals surface area contributed by atoms with Gasteiger partial charge in [-0.3, -0.25) is 9.88 Å². The Hall–Kier alpha value is -1.67. The molecule has 103 valence electrons. The van der Waals surface area contributed by atoms with Crippen LogP contribution in [0, 0.1) is 5.92 Å². The molecule has 2 heteroatoms. The average Bonchev–Trinajstić information content (AvgIpc) is 2.46. The summed E-state index contributed by atoms with van der Waals surface area (Å²) in [6, 6.07) is 10.9. The Balaban J connectivity index is 1.91. The standard InChI is InChI=1S/C18H21N2/c1-14(2)12-20-11-8-18-16(13-20)4-3-5-17(18)15-6-9-19-10-7-15/h3-7,9-10H,8,11-13H2,1-2H3. The van der Waals surface area contributed by atoms with E-state index < -0.39 is 0 Å². The smallest absolute Gasteiger partial charge is 0.0273 e. The van der Waals surface area contributed by atoms with E-state index in [1.165, 1.54) is 28.2 Å². The summed E-state index contributed by atoms with van der Waals surface area (Å²) in [4.78, 5) is 6.65. The predicted molar refractivity (Wildman–Crippen MR) is 83.2 cm³/mol. The predicted octanol–water partition coefficient (Wildman–Crippen LogP) is 3.72. The van der Waals surface area contributed by atoms with E-state index in [0.717, 1.165) is 26.1 Å². The fourth-order valence-electron chi connectivity index (χ4n) is 3.05. The highest BCUT2D eigenvalue weighted by atomic mass is 15.1. The van der Waals surface area contributed by atoms with Crippen LogP contribution < -0.4 is 0 Å². The van der Waals surface area contributed by atoms with Crippen LogP contribution in [0.15, 0.2) is 42.7 Å². The molecule has 0 N–H and O–H groups in total. The number of rotatable bonds is 3. The van der Waals surface area contributed by atoms with Crippen LogP contribution in [-0.2, 0) is 13.0 Å². The van der Waals surface area contributed by atoms with Crippen molar-refractivity contribution < 1.29 is 0 Å². The first-order chi connectivity index (χ1) is 9.74. The lowest BCUT2D eigenvalue weighted by Crippen LogP contribution is -2.33.